The maximum atomic E-state index is 13.1. The number of rotatable bonds is 8. The number of hydrogen-bond acceptors (Lipinski definition) is 8. The Morgan fingerprint density at radius 1 is 1.14 bits per heavy atom. The van der Waals surface area contributed by atoms with Crippen molar-refractivity contribution in [3.8, 4) is 10.6 Å². The molecule has 4 unspecified atom stereocenters. The number of hydrogen-bond donors (Lipinski definition) is 5. The number of likely N-dealkylation sites (N-methyl/N-ethyl adjacent to an activating group) is 1. The molecule has 0 fully saturated rings. The van der Waals surface area contributed by atoms with Gasteiger partial charge in [0, 0.05) is 19.2 Å². The Morgan fingerprint density at radius 3 is 2.29 bits per heavy atom. The highest BCUT2D eigenvalue weighted by Gasteiger charge is 2.32. The molecule has 0 bridgehead atoms. The maximum Gasteiger partial charge on any atom is 0.265 e. The zero-order valence-electron chi connectivity index (χ0n) is 15.4. The second-order valence-electron chi connectivity index (χ2n) is 6.42. The van der Waals surface area contributed by atoms with Crippen LogP contribution in [0.2, 0.25) is 0 Å². The van der Waals surface area contributed by atoms with E-state index < -0.39 is 36.9 Å². The van der Waals surface area contributed by atoms with Crippen LogP contribution in [0, 0.1) is 12.7 Å². The van der Waals surface area contributed by atoms with Crippen molar-refractivity contribution >= 4 is 17.2 Å². The number of aliphatic hydroxyl groups excluding tert-OH is 5. The summed E-state index contributed by atoms with van der Waals surface area (Å²) in [5, 5.41) is 48.3. The predicted octanol–water partition coefficient (Wildman–Crippen LogP) is -0.234. The van der Waals surface area contributed by atoms with E-state index in [1.54, 1.807) is 19.1 Å². The molecule has 1 aromatic carbocycles. The zero-order chi connectivity index (χ0) is 21.0. The molecule has 2 aromatic rings. The minimum atomic E-state index is -1.77. The number of nitrogens with zero attached hydrogens (tertiary/aromatic N) is 2. The number of benzene rings is 1. The third-order valence-corrected chi connectivity index (χ3v) is 5.41. The lowest BCUT2D eigenvalue weighted by atomic mass is 10.0. The minimum absolute atomic E-state index is 0.319. The molecule has 0 spiro atoms. The van der Waals surface area contributed by atoms with Gasteiger partial charge in [0.05, 0.1) is 12.3 Å². The largest absolute Gasteiger partial charge is 0.394 e. The van der Waals surface area contributed by atoms with E-state index in [4.69, 9.17) is 5.11 Å². The molecule has 1 amide bonds. The highest BCUT2D eigenvalue weighted by Crippen LogP contribution is 2.29. The van der Waals surface area contributed by atoms with Crippen molar-refractivity contribution in [2.45, 2.75) is 31.3 Å². The third-order valence-electron chi connectivity index (χ3n) is 4.22. The Bertz CT molecular complexity index is 800. The van der Waals surface area contributed by atoms with Gasteiger partial charge in [0.25, 0.3) is 5.91 Å². The lowest BCUT2D eigenvalue weighted by Gasteiger charge is -2.28. The summed E-state index contributed by atoms with van der Waals surface area (Å²) >= 11 is 1.11. The van der Waals surface area contributed by atoms with Crippen LogP contribution in [0.5, 0.6) is 0 Å². The summed E-state index contributed by atoms with van der Waals surface area (Å²) in [5.41, 5.74) is 1.12. The van der Waals surface area contributed by atoms with Gasteiger partial charge in [0.15, 0.2) is 0 Å². The average molecular weight is 414 g/mol. The van der Waals surface area contributed by atoms with Crippen LogP contribution in [0.15, 0.2) is 24.3 Å². The molecule has 28 heavy (non-hydrogen) atoms. The lowest BCUT2D eigenvalue weighted by Crippen LogP contribution is -2.49. The molecule has 0 saturated carbocycles. The summed E-state index contributed by atoms with van der Waals surface area (Å²) in [6, 6.07) is 5.70. The number of aryl methyl sites for hydroxylation is 1. The lowest BCUT2D eigenvalue weighted by molar-refractivity contribution is -0.117. The molecule has 0 saturated heterocycles. The van der Waals surface area contributed by atoms with Crippen LogP contribution < -0.4 is 0 Å². The first-order chi connectivity index (χ1) is 13.1. The zero-order valence-corrected chi connectivity index (χ0v) is 16.2. The first kappa shape index (κ1) is 22.3. The van der Waals surface area contributed by atoms with Gasteiger partial charge >= 0.3 is 0 Å². The number of aromatic nitrogens is 1. The molecule has 0 radical (unpaired) electrons. The van der Waals surface area contributed by atoms with Crippen LogP contribution in [0.1, 0.15) is 15.4 Å². The molecule has 0 aliphatic heterocycles. The van der Waals surface area contributed by atoms with Gasteiger partial charge in [0.1, 0.15) is 40.1 Å². The van der Waals surface area contributed by atoms with E-state index >= 15 is 0 Å². The van der Waals surface area contributed by atoms with Crippen molar-refractivity contribution in [1.29, 1.82) is 0 Å². The first-order valence-electron chi connectivity index (χ1n) is 8.47. The van der Waals surface area contributed by atoms with E-state index in [-0.39, 0.29) is 12.4 Å². The molecular formula is C18H23FN2O6S. The SMILES string of the molecule is Cc1nc(-c2ccc(F)cc2)sc1C(=O)N(C)CC(O)C(O)C(O)C(O)CO. The fraction of sp³-hybridized carbons (Fsp3) is 0.444. The fourth-order valence-corrected chi connectivity index (χ4v) is 3.59. The number of carbonyl (C=O) groups is 1. The molecule has 2 rings (SSSR count). The molecule has 1 heterocycles. The monoisotopic (exact) mass is 414 g/mol. The van der Waals surface area contributed by atoms with E-state index in [0.29, 0.717) is 21.1 Å². The molecule has 0 aliphatic carbocycles. The second-order valence-corrected chi connectivity index (χ2v) is 7.42. The van der Waals surface area contributed by atoms with E-state index in [1.807, 2.05) is 0 Å². The predicted molar refractivity (Wildman–Crippen MR) is 100 cm³/mol. The van der Waals surface area contributed by atoms with Gasteiger partial charge in [-0.2, -0.15) is 0 Å². The van der Waals surface area contributed by atoms with Crippen LogP contribution in [0.3, 0.4) is 0 Å². The maximum absolute atomic E-state index is 13.1. The molecule has 0 aliphatic rings. The van der Waals surface area contributed by atoms with Gasteiger partial charge in [-0.25, -0.2) is 9.37 Å². The highest BCUT2D eigenvalue weighted by molar-refractivity contribution is 7.17. The molecule has 1 aromatic heterocycles. The number of aliphatic hydroxyl groups is 5. The van der Waals surface area contributed by atoms with Gasteiger partial charge in [-0.3, -0.25) is 4.79 Å². The van der Waals surface area contributed by atoms with Crippen molar-refractivity contribution < 1.29 is 34.7 Å². The topological polar surface area (TPSA) is 134 Å². The number of carbonyl (C=O) groups excluding carboxylic acids is 1. The van der Waals surface area contributed by atoms with Gasteiger partial charge in [0.2, 0.25) is 0 Å². The molecule has 4 atom stereocenters. The Morgan fingerprint density at radius 2 is 1.71 bits per heavy atom. The van der Waals surface area contributed by atoms with Crippen molar-refractivity contribution in [3.63, 3.8) is 0 Å². The normalized spacial score (nSPS) is 15.7. The Hall–Kier alpha value is -1.95. The van der Waals surface area contributed by atoms with Crippen LogP contribution in [0.4, 0.5) is 4.39 Å². The second kappa shape index (κ2) is 9.50. The summed E-state index contributed by atoms with van der Waals surface area (Å²) < 4.78 is 13.1. The molecule has 154 valence electrons. The first-order valence-corrected chi connectivity index (χ1v) is 9.29. The van der Waals surface area contributed by atoms with Gasteiger partial charge in [-0.15, -0.1) is 11.3 Å². The average Bonchev–Trinajstić information content (AvgIpc) is 3.07. The van der Waals surface area contributed by atoms with Crippen molar-refractivity contribution in [1.82, 2.24) is 9.88 Å². The summed E-state index contributed by atoms with van der Waals surface area (Å²) in [4.78, 5) is 18.5. The van der Waals surface area contributed by atoms with Crippen LogP contribution in [0.25, 0.3) is 10.6 Å². The number of amides is 1. The van der Waals surface area contributed by atoms with Crippen molar-refractivity contribution in [3.05, 3.63) is 40.7 Å². The Balaban J connectivity index is 2.09. The summed E-state index contributed by atoms with van der Waals surface area (Å²) in [5.74, 6) is -0.832. The summed E-state index contributed by atoms with van der Waals surface area (Å²) in [6.45, 7) is 0.543. The van der Waals surface area contributed by atoms with E-state index in [9.17, 15) is 29.6 Å². The number of thiazole rings is 1. The van der Waals surface area contributed by atoms with Gasteiger partial charge in [-0.05, 0) is 31.2 Å². The van der Waals surface area contributed by atoms with Gasteiger partial charge < -0.3 is 30.4 Å². The third kappa shape index (κ3) is 5.10. The molecule has 8 nitrogen and oxygen atoms in total. The van der Waals surface area contributed by atoms with Crippen LogP contribution in [-0.4, -0.2) is 85.9 Å². The Labute approximate surface area is 165 Å². The summed E-state index contributed by atoms with van der Waals surface area (Å²) in [7, 11) is 1.41. The molecular weight excluding hydrogens is 391 g/mol. The van der Waals surface area contributed by atoms with E-state index in [2.05, 4.69) is 4.98 Å². The number of halogens is 1. The quantitative estimate of drug-likeness (QED) is 0.403. The van der Waals surface area contributed by atoms with Gasteiger partial charge in [-0.1, -0.05) is 0 Å². The van der Waals surface area contributed by atoms with Crippen molar-refractivity contribution in [2.75, 3.05) is 20.2 Å². The van der Waals surface area contributed by atoms with Crippen molar-refractivity contribution in [2.24, 2.45) is 0 Å². The van der Waals surface area contributed by atoms with E-state index in [1.165, 1.54) is 19.2 Å². The smallest absolute Gasteiger partial charge is 0.265 e. The molecule has 10 heteroatoms. The molecule has 5 N–H and O–H groups in total. The van der Waals surface area contributed by atoms with Crippen LogP contribution >= 0.6 is 11.3 Å². The summed E-state index contributed by atoms with van der Waals surface area (Å²) in [6.07, 6.45) is -6.68. The minimum Gasteiger partial charge on any atom is -0.394 e. The van der Waals surface area contributed by atoms with Crippen LogP contribution in [-0.2, 0) is 0 Å². The Kier molecular flexibility index (Phi) is 7.58. The fourth-order valence-electron chi connectivity index (χ4n) is 2.52. The standard InChI is InChI=1S/C18H23FN2O6S/c1-9-16(28-17(20-9)10-3-5-11(19)6-4-10)18(27)21(2)7-12(23)14(25)15(26)13(24)8-22/h3-6,12-15,22-26H,7-8H2,1-2H3. The van der Waals surface area contributed by atoms with E-state index in [0.717, 1.165) is 16.2 Å². The highest BCUT2D eigenvalue weighted by atomic mass is 32.1.